The highest BCUT2D eigenvalue weighted by molar-refractivity contribution is 5.81. The van der Waals surface area contributed by atoms with E-state index >= 15 is 0 Å². The van der Waals surface area contributed by atoms with Crippen LogP contribution >= 0.6 is 0 Å². The molecule has 0 aromatic heterocycles. The summed E-state index contributed by atoms with van der Waals surface area (Å²) in [4.78, 5) is 24.1. The molecular formula is C18H27NO4. The van der Waals surface area contributed by atoms with Crippen LogP contribution in [0.4, 0.5) is 0 Å². The number of hydrogen-bond donors (Lipinski definition) is 1. The fourth-order valence-corrected chi connectivity index (χ4v) is 2.07. The summed E-state index contributed by atoms with van der Waals surface area (Å²) in [5.74, 6) is -0.987. The van der Waals surface area contributed by atoms with E-state index in [9.17, 15) is 9.59 Å². The predicted octanol–water partition coefficient (Wildman–Crippen LogP) is 2.69. The fraction of sp³-hybridized carbons (Fsp3) is 0.556. The van der Waals surface area contributed by atoms with Crippen LogP contribution in [0.1, 0.15) is 39.7 Å². The van der Waals surface area contributed by atoms with Crippen molar-refractivity contribution in [1.82, 2.24) is 5.32 Å². The van der Waals surface area contributed by atoms with E-state index in [1.165, 1.54) is 6.92 Å². The zero-order chi connectivity index (χ0) is 17.5. The molecular weight excluding hydrogens is 294 g/mol. The van der Waals surface area contributed by atoms with Crippen molar-refractivity contribution < 1.29 is 19.1 Å². The number of ether oxygens (including phenoxy) is 2. The van der Waals surface area contributed by atoms with E-state index in [2.05, 4.69) is 5.32 Å². The minimum absolute atomic E-state index is 0.0241. The molecule has 5 heteroatoms. The normalized spacial score (nSPS) is 14.0. The molecule has 0 saturated carbocycles. The molecule has 0 radical (unpaired) electrons. The van der Waals surface area contributed by atoms with Crippen molar-refractivity contribution in [2.45, 2.75) is 52.9 Å². The Morgan fingerprint density at radius 3 is 2.26 bits per heavy atom. The van der Waals surface area contributed by atoms with Gasteiger partial charge < -0.3 is 14.8 Å². The minimum atomic E-state index is -0.929. The molecule has 1 aromatic rings. The molecule has 0 aliphatic heterocycles. The molecule has 2 atom stereocenters. The van der Waals surface area contributed by atoms with Gasteiger partial charge in [-0.2, -0.15) is 0 Å². The summed E-state index contributed by atoms with van der Waals surface area (Å²) in [6.45, 7) is 7.82. The van der Waals surface area contributed by atoms with Crippen LogP contribution in [0.5, 0.6) is 0 Å². The highest BCUT2D eigenvalue weighted by Gasteiger charge is 2.28. The average molecular weight is 321 g/mol. The lowest BCUT2D eigenvalue weighted by molar-refractivity contribution is -0.169. The van der Waals surface area contributed by atoms with Gasteiger partial charge in [0.2, 0.25) is 0 Å². The van der Waals surface area contributed by atoms with E-state index in [0.717, 1.165) is 5.56 Å². The molecule has 0 aliphatic rings. The fourth-order valence-electron chi connectivity index (χ4n) is 2.07. The lowest BCUT2D eigenvalue weighted by Crippen LogP contribution is -2.41. The van der Waals surface area contributed by atoms with Gasteiger partial charge in [0.1, 0.15) is 12.6 Å². The number of carbonyl (C=O) groups excluding carboxylic acids is 2. The maximum atomic E-state index is 12.1. The Hall–Kier alpha value is -1.88. The Morgan fingerprint density at radius 1 is 1.13 bits per heavy atom. The van der Waals surface area contributed by atoms with Crippen LogP contribution in [0.25, 0.3) is 0 Å². The van der Waals surface area contributed by atoms with Gasteiger partial charge in [-0.1, -0.05) is 51.1 Å². The first kappa shape index (κ1) is 19.2. The summed E-state index contributed by atoms with van der Waals surface area (Å²) < 4.78 is 10.4. The Bertz CT molecular complexity index is 508. The molecule has 0 aliphatic carbocycles. The molecule has 1 N–H and O–H groups in total. The van der Waals surface area contributed by atoms with Gasteiger partial charge in [-0.05, 0) is 31.4 Å². The molecule has 0 amide bonds. The van der Waals surface area contributed by atoms with Crippen molar-refractivity contribution in [2.75, 3.05) is 7.05 Å². The summed E-state index contributed by atoms with van der Waals surface area (Å²) in [6, 6.07) is 8.92. The third-order valence-electron chi connectivity index (χ3n) is 3.30. The summed E-state index contributed by atoms with van der Waals surface area (Å²) in [6.07, 6.45) is -0.310. The molecule has 1 rings (SSSR count). The second-order valence-corrected chi connectivity index (χ2v) is 6.78. The quantitative estimate of drug-likeness (QED) is 0.782. The molecule has 5 nitrogen and oxygen atoms in total. The summed E-state index contributed by atoms with van der Waals surface area (Å²) >= 11 is 0. The van der Waals surface area contributed by atoms with Gasteiger partial charge in [-0.3, -0.25) is 4.79 Å². The van der Waals surface area contributed by atoms with Crippen molar-refractivity contribution in [2.24, 2.45) is 5.41 Å². The van der Waals surface area contributed by atoms with Gasteiger partial charge >= 0.3 is 11.9 Å². The average Bonchev–Trinajstić information content (AvgIpc) is 2.50. The van der Waals surface area contributed by atoms with Gasteiger partial charge in [0.25, 0.3) is 0 Å². The molecule has 0 saturated heterocycles. The number of esters is 2. The van der Waals surface area contributed by atoms with E-state index in [1.807, 2.05) is 51.1 Å². The SMILES string of the molecule is CN[C@H](CC(C)(C)C)C(=O)OC(C)C(=O)OCc1ccccc1. The standard InChI is InChI=1S/C18H27NO4/c1-13(16(20)22-12-14-9-7-6-8-10-14)23-17(21)15(19-5)11-18(2,3)4/h6-10,13,15,19H,11-12H2,1-5H3/t13?,15-/m1/s1. The van der Waals surface area contributed by atoms with Gasteiger partial charge in [0, 0.05) is 0 Å². The number of likely N-dealkylation sites (N-methyl/N-ethyl adjacent to an activating group) is 1. The molecule has 128 valence electrons. The van der Waals surface area contributed by atoms with E-state index in [-0.39, 0.29) is 12.0 Å². The maximum absolute atomic E-state index is 12.1. The largest absolute Gasteiger partial charge is 0.458 e. The first-order valence-corrected chi connectivity index (χ1v) is 7.81. The smallest absolute Gasteiger partial charge is 0.347 e. The van der Waals surface area contributed by atoms with Crippen LogP contribution in [0.2, 0.25) is 0 Å². The number of nitrogens with one attached hydrogen (secondary N) is 1. The predicted molar refractivity (Wildman–Crippen MR) is 88.7 cm³/mol. The van der Waals surface area contributed by atoms with Gasteiger partial charge in [-0.15, -0.1) is 0 Å². The Kier molecular flexibility index (Phi) is 7.23. The van der Waals surface area contributed by atoms with E-state index in [4.69, 9.17) is 9.47 Å². The first-order chi connectivity index (χ1) is 10.7. The Balaban J connectivity index is 2.48. The third-order valence-corrected chi connectivity index (χ3v) is 3.30. The Morgan fingerprint density at radius 2 is 1.74 bits per heavy atom. The Labute approximate surface area is 138 Å². The highest BCUT2D eigenvalue weighted by atomic mass is 16.6. The van der Waals surface area contributed by atoms with Crippen molar-refractivity contribution >= 4 is 11.9 Å². The molecule has 0 bridgehead atoms. The van der Waals surface area contributed by atoms with Crippen molar-refractivity contribution in [3.8, 4) is 0 Å². The van der Waals surface area contributed by atoms with Crippen LogP contribution in [-0.4, -0.2) is 31.1 Å². The summed E-state index contributed by atoms with van der Waals surface area (Å²) in [5, 5.41) is 2.93. The van der Waals surface area contributed by atoms with Crippen molar-refractivity contribution in [3.05, 3.63) is 35.9 Å². The van der Waals surface area contributed by atoms with Crippen LogP contribution < -0.4 is 5.32 Å². The summed E-state index contributed by atoms with van der Waals surface area (Å²) in [7, 11) is 1.70. The summed E-state index contributed by atoms with van der Waals surface area (Å²) in [5.41, 5.74) is 0.865. The second kappa shape index (κ2) is 8.67. The van der Waals surface area contributed by atoms with E-state index in [1.54, 1.807) is 7.05 Å². The molecule has 23 heavy (non-hydrogen) atoms. The van der Waals surface area contributed by atoms with E-state index in [0.29, 0.717) is 6.42 Å². The van der Waals surface area contributed by atoms with Crippen LogP contribution in [-0.2, 0) is 25.7 Å². The van der Waals surface area contributed by atoms with Gasteiger partial charge in [0.15, 0.2) is 6.10 Å². The molecule has 1 unspecified atom stereocenters. The molecule has 0 spiro atoms. The van der Waals surface area contributed by atoms with Crippen molar-refractivity contribution in [3.63, 3.8) is 0 Å². The second-order valence-electron chi connectivity index (χ2n) is 6.78. The number of benzene rings is 1. The third kappa shape index (κ3) is 7.28. The lowest BCUT2D eigenvalue weighted by Gasteiger charge is -2.25. The van der Waals surface area contributed by atoms with Crippen molar-refractivity contribution in [1.29, 1.82) is 0 Å². The van der Waals surface area contributed by atoms with Crippen LogP contribution in [0, 0.1) is 5.41 Å². The molecule has 0 fully saturated rings. The zero-order valence-corrected chi connectivity index (χ0v) is 14.6. The maximum Gasteiger partial charge on any atom is 0.347 e. The number of hydrogen-bond acceptors (Lipinski definition) is 5. The monoisotopic (exact) mass is 321 g/mol. The lowest BCUT2D eigenvalue weighted by atomic mass is 9.88. The minimum Gasteiger partial charge on any atom is -0.458 e. The van der Waals surface area contributed by atoms with Gasteiger partial charge in [0.05, 0.1) is 0 Å². The molecule has 0 heterocycles. The van der Waals surface area contributed by atoms with Crippen LogP contribution in [0.15, 0.2) is 30.3 Å². The zero-order valence-electron chi connectivity index (χ0n) is 14.6. The number of rotatable bonds is 7. The number of carbonyl (C=O) groups is 2. The van der Waals surface area contributed by atoms with E-state index < -0.39 is 24.1 Å². The first-order valence-electron chi connectivity index (χ1n) is 7.81. The van der Waals surface area contributed by atoms with Gasteiger partial charge in [-0.25, -0.2) is 4.79 Å². The van der Waals surface area contributed by atoms with Crippen LogP contribution in [0.3, 0.4) is 0 Å². The highest BCUT2D eigenvalue weighted by Crippen LogP contribution is 2.21. The molecule has 1 aromatic carbocycles. The topological polar surface area (TPSA) is 64.6 Å².